The molecule has 2 aromatic carbocycles. The molecule has 0 saturated heterocycles. The summed E-state index contributed by atoms with van der Waals surface area (Å²) in [5.41, 5.74) is 21.8. The van der Waals surface area contributed by atoms with Gasteiger partial charge in [0.2, 0.25) is 0 Å². The minimum Gasteiger partial charge on any atom is -0.399 e. The lowest BCUT2D eigenvalue weighted by Gasteiger charge is -2.10. The normalized spacial score (nSPS) is 10.3. The summed E-state index contributed by atoms with van der Waals surface area (Å²) in [5, 5.41) is 0. The van der Waals surface area contributed by atoms with Crippen molar-refractivity contribution < 1.29 is 0 Å². The summed E-state index contributed by atoms with van der Waals surface area (Å²) in [6.07, 6.45) is 0. The molecule has 0 spiro atoms. The van der Waals surface area contributed by atoms with Crippen molar-refractivity contribution in [2.45, 2.75) is 6.54 Å². The molecule has 0 aliphatic carbocycles. The van der Waals surface area contributed by atoms with Crippen LogP contribution in [0.3, 0.4) is 0 Å². The van der Waals surface area contributed by atoms with Gasteiger partial charge < -0.3 is 17.2 Å². The van der Waals surface area contributed by atoms with Crippen LogP contribution >= 0.6 is 0 Å². The fourth-order valence-corrected chi connectivity index (χ4v) is 1.71. The van der Waals surface area contributed by atoms with Crippen molar-refractivity contribution in [3.63, 3.8) is 0 Å². The quantitative estimate of drug-likeness (QED) is 0.667. The molecule has 0 aromatic heterocycles. The summed E-state index contributed by atoms with van der Waals surface area (Å²) < 4.78 is 0. The molecule has 0 aliphatic rings. The van der Waals surface area contributed by atoms with Gasteiger partial charge in [-0.25, -0.2) is 0 Å². The number of hydrogen-bond donors (Lipinski definition) is 3. The van der Waals surface area contributed by atoms with E-state index in [0.29, 0.717) is 6.54 Å². The summed E-state index contributed by atoms with van der Waals surface area (Å²) >= 11 is 0. The average molecular weight is 213 g/mol. The number of benzene rings is 2. The highest BCUT2D eigenvalue weighted by Crippen LogP contribution is 2.28. The zero-order chi connectivity index (χ0) is 11.5. The van der Waals surface area contributed by atoms with Crippen LogP contribution in [-0.4, -0.2) is 0 Å². The lowest BCUT2D eigenvalue weighted by atomic mass is 10.0. The highest BCUT2D eigenvalue weighted by atomic mass is 14.6. The van der Waals surface area contributed by atoms with Gasteiger partial charge >= 0.3 is 0 Å². The maximum atomic E-state index is 6.05. The summed E-state index contributed by atoms with van der Waals surface area (Å²) in [6.45, 7) is 0.453. The highest BCUT2D eigenvalue weighted by molar-refractivity contribution is 5.79. The molecule has 6 N–H and O–H groups in total. The average Bonchev–Trinajstić information content (AvgIpc) is 2.31. The fraction of sp³-hybridized carbons (Fsp3) is 0.0769. The van der Waals surface area contributed by atoms with Crippen LogP contribution in [0.15, 0.2) is 42.5 Å². The molecule has 16 heavy (non-hydrogen) atoms. The molecule has 0 radical (unpaired) electrons. The molecule has 0 bridgehead atoms. The van der Waals surface area contributed by atoms with Crippen LogP contribution in [0.4, 0.5) is 11.4 Å². The maximum Gasteiger partial charge on any atom is 0.0439 e. The summed E-state index contributed by atoms with van der Waals surface area (Å²) in [5.74, 6) is 0. The van der Waals surface area contributed by atoms with Crippen molar-refractivity contribution in [2.75, 3.05) is 11.5 Å². The predicted molar refractivity (Wildman–Crippen MR) is 68.6 cm³/mol. The van der Waals surface area contributed by atoms with E-state index in [0.717, 1.165) is 28.1 Å². The van der Waals surface area contributed by atoms with Gasteiger partial charge in [-0.15, -0.1) is 0 Å². The molecule has 3 heteroatoms. The molecule has 0 unspecified atom stereocenters. The molecule has 2 aromatic rings. The Morgan fingerprint density at radius 2 is 1.56 bits per heavy atom. The Morgan fingerprint density at radius 3 is 2.19 bits per heavy atom. The molecular weight excluding hydrogens is 198 g/mol. The topological polar surface area (TPSA) is 78.1 Å². The molecule has 2 rings (SSSR count). The summed E-state index contributed by atoms with van der Waals surface area (Å²) in [6, 6.07) is 13.5. The minimum atomic E-state index is 0.453. The maximum absolute atomic E-state index is 6.05. The Morgan fingerprint density at radius 1 is 0.875 bits per heavy atom. The fourth-order valence-electron chi connectivity index (χ4n) is 1.71. The standard InChI is InChI=1S/C13H15N3/c14-8-10-2-1-3-12(13(10)16)9-4-6-11(15)7-5-9/h1-7H,8,14-16H2. The molecular formula is C13H15N3. The van der Waals surface area contributed by atoms with E-state index >= 15 is 0 Å². The number of para-hydroxylation sites is 1. The van der Waals surface area contributed by atoms with Crippen LogP contribution < -0.4 is 17.2 Å². The van der Waals surface area contributed by atoms with Gasteiger partial charge in [0.05, 0.1) is 0 Å². The lowest BCUT2D eigenvalue weighted by Crippen LogP contribution is -2.02. The van der Waals surface area contributed by atoms with Crippen molar-refractivity contribution in [3.05, 3.63) is 48.0 Å². The van der Waals surface area contributed by atoms with E-state index in [1.807, 2.05) is 42.5 Å². The molecule has 0 aliphatic heterocycles. The molecule has 0 atom stereocenters. The van der Waals surface area contributed by atoms with E-state index < -0.39 is 0 Å². The van der Waals surface area contributed by atoms with Gasteiger partial charge in [-0.05, 0) is 23.3 Å². The molecule has 3 nitrogen and oxygen atoms in total. The SMILES string of the molecule is NCc1cccc(-c2ccc(N)cc2)c1N. The Bertz CT molecular complexity index is 489. The first kappa shape index (κ1) is 10.5. The van der Waals surface area contributed by atoms with E-state index in [-0.39, 0.29) is 0 Å². The van der Waals surface area contributed by atoms with E-state index in [1.165, 1.54) is 0 Å². The van der Waals surface area contributed by atoms with E-state index in [1.54, 1.807) is 0 Å². The van der Waals surface area contributed by atoms with E-state index in [4.69, 9.17) is 17.2 Å². The summed E-state index contributed by atoms with van der Waals surface area (Å²) in [7, 11) is 0. The van der Waals surface area contributed by atoms with E-state index in [2.05, 4.69) is 0 Å². The number of nitrogens with two attached hydrogens (primary N) is 3. The third-order valence-electron chi connectivity index (χ3n) is 2.64. The molecule has 0 fully saturated rings. The number of anilines is 2. The largest absolute Gasteiger partial charge is 0.399 e. The Hall–Kier alpha value is -2.00. The Labute approximate surface area is 94.9 Å². The smallest absolute Gasteiger partial charge is 0.0439 e. The zero-order valence-corrected chi connectivity index (χ0v) is 8.98. The van der Waals surface area contributed by atoms with Gasteiger partial charge in [-0.1, -0.05) is 30.3 Å². The third kappa shape index (κ3) is 1.85. The van der Waals surface area contributed by atoms with Crippen molar-refractivity contribution in [2.24, 2.45) is 5.73 Å². The van der Waals surface area contributed by atoms with E-state index in [9.17, 15) is 0 Å². The van der Waals surface area contributed by atoms with Gasteiger partial charge in [0.1, 0.15) is 0 Å². The van der Waals surface area contributed by atoms with Crippen LogP contribution in [-0.2, 0) is 6.54 Å². The second-order valence-electron chi connectivity index (χ2n) is 3.70. The van der Waals surface area contributed by atoms with Crippen LogP contribution in [0.5, 0.6) is 0 Å². The second kappa shape index (κ2) is 4.24. The van der Waals surface area contributed by atoms with Crippen LogP contribution in [0.1, 0.15) is 5.56 Å². The molecule has 0 heterocycles. The minimum absolute atomic E-state index is 0.453. The number of hydrogen-bond acceptors (Lipinski definition) is 3. The van der Waals surface area contributed by atoms with Crippen LogP contribution in [0.2, 0.25) is 0 Å². The monoisotopic (exact) mass is 213 g/mol. The van der Waals surface area contributed by atoms with Crippen molar-refractivity contribution in [3.8, 4) is 11.1 Å². The van der Waals surface area contributed by atoms with Crippen molar-refractivity contribution >= 4 is 11.4 Å². The second-order valence-corrected chi connectivity index (χ2v) is 3.70. The summed E-state index contributed by atoms with van der Waals surface area (Å²) in [4.78, 5) is 0. The van der Waals surface area contributed by atoms with Gasteiger partial charge in [0.15, 0.2) is 0 Å². The lowest BCUT2D eigenvalue weighted by molar-refractivity contribution is 1.08. The van der Waals surface area contributed by atoms with Gasteiger partial charge in [0.25, 0.3) is 0 Å². The van der Waals surface area contributed by atoms with Crippen LogP contribution in [0.25, 0.3) is 11.1 Å². The third-order valence-corrected chi connectivity index (χ3v) is 2.64. The first-order valence-electron chi connectivity index (χ1n) is 5.15. The van der Waals surface area contributed by atoms with Gasteiger partial charge in [0, 0.05) is 23.5 Å². The Kier molecular flexibility index (Phi) is 2.79. The molecule has 0 amide bonds. The van der Waals surface area contributed by atoms with Gasteiger partial charge in [-0.3, -0.25) is 0 Å². The van der Waals surface area contributed by atoms with Crippen molar-refractivity contribution in [1.29, 1.82) is 0 Å². The number of nitrogen functional groups attached to an aromatic ring is 2. The molecule has 82 valence electrons. The highest BCUT2D eigenvalue weighted by Gasteiger charge is 2.05. The van der Waals surface area contributed by atoms with Gasteiger partial charge in [-0.2, -0.15) is 0 Å². The Balaban J connectivity index is 2.51. The first-order chi connectivity index (χ1) is 7.72. The zero-order valence-electron chi connectivity index (χ0n) is 8.98. The number of rotatable bonds is 2. The predicted octanol–water partition coefficient (Wildman–Crippen LogP) is 1.98. The van der Waals surface area contributed by atoms with Crippen molar-refractivity contribution in [1.82, 2.24) is 0 Å². The first-order valence-corrected chi connectivity index (χ1v) is 5.15. The van der Waals surface area contributed by atoms with Crippen LogP contribution in [0, 0.1) is 0 Å². The molecule has 0 saturated carbocycles.